The Hall–Kier alpha value is -0.130. The van der Waals surface area contributed by atoms with Crippen molar-refractivity contribution in [2.75, 3.05) is 26.7 Å². The van der Waals surface area contributed by atoms with Gasteiger partial charge in [-0.25, -0.2) is 0 Å². The van der Waals surface area contributed by atoms with Crippen LogP contribution in [0.2, 0.25) is 5.02 Å². The molecule has 2 atom stereocenters. The molecule has 0 saturated carbocycles. The van der Waals surface area contributed by atoms with Crippen molar-refractivity contribution in [2.45, 2.75) is 32.0 Å². The second-order valence-electron chi connectivity index (χ2n) is 4.90. The van der Waals surface area contributed by atoms with Gasteiger partial charge in [0.1, 0.15) is 0 Å². The van der Waals surface area contributed by atoms with Gasteiger partial charge in [0.25, 0.3) is 0 Å². The van der Waals surface area contributed by atoms with Gasteiger partial charge in [-0.1, -0.05) is 11.6 Å². The fourth-order valence-electron chi connectivity index (χ4n) is 2.38. The van der Waals surface area contributed by atoms with E-state index in [9.17, 15) is 0 Å². The zero-order valence-corrected chi connectivity index (χ0v) is 12.7. The van der Waals surface area contributed by atoms with Crippen molar-refractivity contribution in [1.82, 2.24) is 10.2 Å². The number of hydrogen-bond acceptors (Lipinski definition) is 4. The lowest BCUT2D eigenvalue weighted by Crippen LogP contribution is -2.49. The Bertz CT molecular complexity index is 383. The van der Waals surface area contributed by atoms with E-state index in [4.69, 9.17) is 16.3 Å². The number of likely N-dealkylation sites (N-methyl/N-ethyl adjacent to an activating group) is 1. The third kappa shape index (κ3) is 3.06. The Labute approximate surface area is 118 Å². The zero-order chi connectivity index (χ0) is 13.1. The minimum absolute atomic E-state index is 0.169. The van der Waals surface area contributed by atoms with Crippen LogP contribution in [0.1, 0.15) is 24.8 Å². The average Bonchev–Trinajstić information content (AvgIpc) is 2.77. The van der Waals surface area contributed by atoms with Crippen molar-refractivity contribution in [2.24, 2.45) is 0 Å². The topological polar surface area (TPSA) is 24.5 Å². The Morgan fingerprint density at radius 2 is 2.33 bits per heavy atom. The van der Waals surface area contributed by atoms with Gasteiger partial charge < -0.3 is 10.1 Å². The van der Waals surface area contributed by atoms with Crippen molar-refractivity contribution in [3.63, 3.8) is 0 Å². The maximum atomic E-state index is 6.23. The van der Waals surface area contributed by atoms with Gasteiger partial charge in [-0.05, 0) is 32.3 Å². The van der Waals surface area contributed by atoms with Crippen LogP contribution in [0.5, 0.6) is 0 Å². The number of thiophene rings is 1. The molecule has 1 aromatic heterocycles. The van der Waals surface area contributed by atoms with Crippen molar-refractivity contribution in [3.8, 4) is 0 Å². The van der Waals surface area contributed by atoms with Crippen LogP contribution in [-0.2, 0) is 4.74 Å². The third-order valence-corrected chi connectivity index (χ3v) is 4.91. The minimum atomic E-state index is 0.169. The molecular formula is C13H21ClN2OS. The lowest BCUT2D eigenvalue weighted by molar-refractivity contribution is -0.0544. The first kappa shape index (κ1) is 14.3. The van der Waals surface area contributed by atoms with Crippen molar-refractivity contribution in [1.29, 1.82) is 0 Å². The number of halogens is 1. The number of nitrogens with one attached hydrogen (secondary N) is 1. The van der Waals surface area contributed by atoms with E-state index in [1.165, 1.54) is 4.88 Å². The molecule has 2 rings (SSSR count). The first-order chi connectivity index (χ1) is 8.63. The summed E-state index contributed by atoms with van der Waals surface area (Å²) in [6, 6.07) is 2.70. The molecule has 0 radical (unpaired) electrons. The Morgan fingerprint density at radius 1 is 1.56 bits per heavy atom. The zero-order valence-electron chi connectivity index (χ0n) is 11.1. The van der Waals surface area contributed by atoms with E-state index in [2.05, 4.69) is 24.1 Å². The molecule has 1 aliphatic rings. The van der Waals surface area contributed by atoms with Crippen molar-refractivity contribution >= 4 is 22.9 Å². The van der Waals surface area contributed by atoms with Crippen LogP contribution < -0.4 is 5.32 Å². The van der Waals surface area contributed by atoms with Gasteiger partial charge in [-0.2, -0.15) is 0 Å². The molecule has 0 aromatic carbocycles. The summed E-state index contributed by atoms with van der Waals surface area (Å²) in [6.45, 7) is 7.23. The smallest absolute Gasteiger partial charge is 0.0905 e. The van der Waals surface area contributed by atoms with Crippen LogP contribution in [0.3, 0.4) is 0 Å². The molecule has 1 aromatic rings. The number of morpholine rings is 1. The standard InChI is InChI=1S/C13H21ClN2OS/c1-9(2)16-5-6-17-11(8-16)12(15-3)13-10(14)4-7-18-13/h4,7,9,11-12,15H,5-6,8H2,1-3H3. The maximum absolute atomic E-state index is 6.23. The lowest BCUT2D eigenvalue weighted by atomic mass is 10.1. The molecule has 0 amide bonds. The van der Waals surface area contributed by atoms with Crippen LogP contribution in [0, 0.1) is 0 Å². The van der Waals surface area contributed by atoms with Crippen LogP contribution in [-0.4, -0.2) is 43.8 Å². The van der Waals surface area contributed by atoms with Gasteiger partial charge in [-0.15, -0.1) is 11.3 Å². The molecule has 1 aliphatic heterocycles. The highest BCUT2D eigenvalue weighted by atomic mass is 35.5. The van der Waals surface area contributed by atoms with Crippen LogP contribution in [0.4, 0.5) is 0 Å². The van der Waals surface area contributed by atoms with E-state index in [-0.39, 0.29) is 12.1 Å². The SMILES string of the molecule is CNC(c1sccc1Cl)C1CN(C(C)C)CCO1. The summed E-state index contributed by atoms with van der Waals surface area (Å²) in [7, 11) is 1.97. The third-order valence-electron chi connectivity index (χ3n) is 3.47. The number of ether oxygens (including phenoxy) is 1. The van der Waals surface area contributed by atoms with Gasteiger partial charge in [0.15, 0.2) is 0 Å². The molecule has 102 valence electrons. The van der Waals surface area contributed by atoms with E-state index < -0.39 is 0 Å². The molecule has 0 spiro atoms. The van der Waals surface area contributed by atoms with Crippen LogP contribution in [0.15, 0.2) is 11.4 Å². The molecule has 1 saturated heterocycles. The van der Waals surface area contributed by atoms with E-state index in [1.807, 2.05) is 18.5 Å². The van der Waals surface area contributed by atoms with Crippen molar-refractivity contribution in [3.05, 3.63) is 21.3 Å². The fourth-order valence-corrected chi connectivity index (χ4v) is 3.72. The predicted octanol–water partition coefficient (Wildman–Crippen LogP) is 2.77. The lowest BCUT2D eigenvalue weighted by Gasteiger charge is -2.38. The quantitative estimate of drug-likeness (QED) is 0.922. The monoisotopic (exact) mass is 288 g/mol. The second-order valence-corrected chi connectivity index (χ2v) is 6.25. The summed E-state index contributed by atoms with van der Waals surface area (Å²) >= 11 is 7.93. The summed E-state index contributed by atoms with van der Waals surface area (Å²) < 4.78 is 5.93. The van der Waals surface area contributed by atoms with E-state index in [0.717, 1.165) is 24.7 Å². The highest BCUT2D eigenvalue weighted by Crippen LogP contribution is 2.32. The number of nitrogens with zero attached hydrogens (tertiary/aromatic N) is 1. The summed E-state index contributed by atoms with van der Waals surface area (Å²) in [5.74, 6) is 0. The molecule has 0 bridgehead atoms. The highest BCUT2D eigenvalue weighted by molar-refractivity contribution is 7.10. The minimum Gasteiger partial charge on any atom is -0.374 e. The van der Waals surface area contributed by atoms with Gasteiger partial charge in [0.2, 0.25) is 0 Å². The van der Waals surface area contributed by atoms with E-state index >= 15 is 0 Å². The molecular weight excluding hydrogens is 268 g/mol. The fraction of sp³-hybridized carbons (Fsp3) is 0.692. The van der Waals surface area contributed by atoms with E-state index in [0.29, 0.717) is 6.04 Å². The molecule has 0 aliphatic carbocycles. The maximum Gasteiger partial charge on any atom is 0.0905 e. The first-order valence-electron chi connectivity index (χ1n) is 6.39. The first-order valence-corrected chi connectivity index (χ1v) is 7.65. The Morgan fingerprint density at radius 3 is 2.89 bits per heavy atom. The summed E-state index contributed by atoms with van der Waals surface area (Å²) in [5, 5.41) is 6.22. The van der Waals surface area contributed by atoms with Gasteiger partial charge >= 0.3 is 0 Å². The average molecular weight is 289 g/mol. The van der Waals surface area contributed by atoms with Gasteiger partial charge in [-0.3, -0.25) is 4.90 Å². The second kappa shape index (κ2) is 6.35. The largest absolute Gasteiger partial charge is 0.374 e. The summed E-state index contributed by atoms with van der Waals surface area (Å²) in [6.07, 6.45) is 0.169. The summed E-state index contributed by atoms with van der Waals surface area (Å²) in [5.41, 5.74) is 0. The van der Waals surface area contributed by atoms with Crippen LogP contribution >= 0.6 is 22.9 Å². The number of hydrogen-bond donors (Lipinski definition) is 1. The molecule has 2 unspecified atom stereocenters. The van der Waals surface area contributed by atoms with Crippen molar-refractivity contribution < 1.29 is 4.74 Å². The number of rotatable bonds is 4. The summed E-state index contributed by atoms with van der Waals surface area (Å²) in [4.78, 5) is 3.63. The molecule has 18 heavy (non-hydrogen) atoms. The molecule has 5 heteroatoms. The molecule has 2 heterocycles. The molecule has 1 fully saturated rings. The Balaban J connectivity index is 2.11. The van der Waals surface area contributed by atoms with Gasteiger partial charge in [0.05, 0.1) is 23.8 Å². The van der Waals surface area contributed by atoms with Crippen LogP contribution in [0.25, 0.3) is 0 Å². The van der Waals surface area contributed by atoms with E-state index in [1.54, 1.807) is 11.3 Å². The van der Waals surface area contributed by atoms with Gasteiger partial charge in [0, 0.05) is 24.0 Å². The normalized spacial score (nSPS) is 23.5. The Kier molecular flexibility index (Phi) is 5.04. The highest BCUT2D eigenvalue weighted by Gasteiger charge is 2.31. The molecule has 3 nitrogen and oxygen atoms in total. The molecule has 1 N–H and O–H groups in total. The predicted molar refractivity (Wildman–Crippen MR) is 77.6 cm³/mol.